The van der Waals surface area contributed by atoms with E-state index in [1.807, 2.05) is 6.92 Å². The summed E-state index contributed by atoms with van der Waals surface area (Å²) in [7, 11) is 1.51. The number of aliphatic hydroxyl groups is 1. The Morgan fingerprint density at radius 2 is 2.00 bits per heavy atom. The number of hydrogen-bond donors (Lipinski definition) is 1. The molecule has 0 aliphatic heterocycles. The molecule has 0 saturated heterocycles. The smallest absolute Gasteiger partial charge is 0.161 e. The van der Waals surface area contributed by atoms with E-state index >= 15 is 0 Å². The molecule has 14 heavy (non-hydrogen) atoms. The van der Waals surface area contributed by atoms with Crippen LogP contribution in [0.25, 0.3) is 0 Å². The van der Waals surface area contributed by atoms with Crippen molar-refractivity contribution in [3.63, 3.8) is 0 Å². The van der Waals surface area contributed by atoms with Crippen LogP contribution < -0.4 is 0 Å². The molecule has 0 aliphatic carbocycles. The third kappa shape index (κ3) is 5.51. The van der Waals surface area contributed by atoms with E-state index < -0.39 is 0 Å². The van der Waals surface area contributed by atoms with Crippen molar-refractivity contribution < 1.29 is 34.1 Å². The maximum absolute atomic E-state index is 11.2. The van der Waals surface area contributed by atoms with Crippen molar-refractivity contribution in [2.45, 2.75) is 33.3 Å². The summed E-state index contributed by atoms with van der Waals surface area (Å²) in [5, 5.41) is 9.44. The first-order valence-electron chi connectivity index (χ1n) is 4.50. The van der Waals surface area contributed by atoms with Crippen LogP contribution in [0.4, 0.5) is 0 Å². The predicted octanol–water partition coefficient (Wildman–Crippen LogP) is 2.08. The van der Waals surface area contributed by atoms with E-state index in [0.29, 0.717) is 6.42 Å². The summed E-state index contributed by atoms with van der Waals surface area (Å²) in [4.78, 5) is 11.2. The Hall–Kier alpha value is -0.207. The molecule has 0 bridgehead atoms. The van der Waals surface area contributed by atoms with Gasteiger partial charge in [-0.3, -0.25) is 4.79 Å². The molecule has 0 heterocycles. The van der Waals surface area contributed by atoms with Crippen LogP contribution >= 0.6 is 0 Å². The number of hydrogen-bond acceptors (Lipinski definition) is 3. The second kappa shape index (κ2) is 8.13. The van der Waals surface area contributed by atoms with Gasteiger partial charge in [-0.2, -0.15) is 0 Å². The zero-order chi connectivity index (χ0) is 10.4. The number of carbonyl (C=O) groups is 1. The average molecular weight is 252 g/mol. The van der Waals surface area contributed by atoms with Gasteiger partial charge in [-0.15, -0.1) is 0 Å². The summed E-state index contributed by atoms with van der Waals surface area (Å²) >= 11 is 0. The summed E-state index contributed by atoms with van der Waals surface area (Å²) < 4.78 is 4.97. The van der Waals surface area contributed by atoms with Crippen LogP contribution in [-0.2, 0) is 29.0 Å². The number of carbonyl (C=O) groups excluding carboxylic acids is 1. The fourth-order valence-corrected chi connectivity index (χ4v) is 0.902. The van der Waals surface area contributed by atoms with Gasteiger partial charge in [-0.05, 0) is 6.42 Å². The monoisotopic (exact) mass is 250 g/mol. The van der Waals surface area contributed by atoms with Gasteiger partial charge in [-0.25, -0.2) is 0 Å². The minimum absolute atomic E-state index is 0. The molecule has 0 spiro atoms. The first-order chi connectivity index (χ1) is 6.02. The van der Waals surface area contributed by atoms with Gasteiger partial charge in [0, 0.05) is 38.6 Å². The van der Waals surface area contributed by atoms with Gasteiger partial charge in [-0.1, -0.05) is 20.8 Å². The molecule has 0 fully saturated rings. The molecule has 0 radical (unpaired) electrons. The second-order valence-electron chi connectivity index (χ2n) is 3.26. The average Bonchev–Trinajstić information content (AvgIpc) is 2.06. The first kappa shape index (κ1) is 16.2. The molecule has 3 nitrogen and oxygen atoms in total. The molecule has 1 unspecified atom stereocenters. The first-order valence-corrected chi connectivity index (χ1v) is 4.50. The van der Waals surface area contributed by atoms with Crippen molar-refractivity contribution in [1.82, 2.24) is 0 Å². The van der Waals surface area contributed by atoms with Gasteiger partial charge in [0.15, 0.2) is 5.78 Å². The maximum atomic E-state index is 11.2. The Morgan fingerprint density at radius 1 is 1.50 bits per heavy atom. The normalized spacial score (nSPS) is 13.6. The zero-order valence-electron chi connectivity index (χ0n) is 9.41. The Balaban J connectivity index is 0. The maximum Gasteiger partial charge on any atom is 0.161 e. The number of ether oxygens (including phenoxy) is 1. The fraction of sp³-hybridized carbons (Fsp3) is 0.700. The van der Waals surface area contributed by atoms with Crippen molar-refractivity contribution in [2.24, 2.45) is 5.92 Å². The topological polar surface area (TPSA) is 46.5 Å². The summed E-state index contributed by atoms with van der Waals surface area (Å²) in [5.74, 6) is -0.145. The third-order valence-electron chi connectivity index (χ3n) is 1.84. The van der Waals surface area contributed by atoms with Crippen molar-refractivity contribution in [2.75, 3.05) is 7.11 Å². The molecule has 0 rings (SSSR count). The minimum Gasteiger partial charge on any atom is -0.509 e. The zero-order valence-corrected chi connectivity index (χ0v) is 12.4. The van der Waals surface area contributed by atoms with E-state index in [1.54, 1.807) is 13.8 Å². The standard InChI is InChI=1S/C10H18O3.Zn/c1-5-10(13-4)9(12)6-8(11)7(2)3;/h6-7,10,12H,5H2,1-4H3;/b9-6-;. The number of ketones is 1. The van der Waals surface area contributed by atoms with Crippen LogP contribution in [0.1, 0.15) is 27.2 Å². The van der Waals surface area contributed by atoms with Crippen molar-refractivity contribution in [3.8, 4) is 0 Å². The van der Waals surface area contributed by atoms with Crippen LogP contribution in [0, 0.1) is 5.92 Å². The van der Waals surface area contributed by atoms with Gasteiger partial charge in [0.2, 0.25) is 0 Å². The largest absolute Gasteiger partial charge is 0.509 e. The van der Waals surface area contributed by atoms with E-state index in [1.165, 1.54) is 13.2 Å². The summed E-state index contributed by atoms with van der Waals surface area (Å²) in [6.07, 6.45) is 1.55. The van der Waals surface area contributed by atoms with Crippen LogP contribution in [0.5, 0.6) is 0 Å². The van der Waals surface area contributed by atoms with Crippen molar-refractivity contribution >= 4 is 5.78 Å². The Bertz CT molecular complexity index is 196. The molecule has 0 aliphatic rings. The second-order valence-corrected chi connectivity index (χ2v) is 3.26. The Labute approximate surface area is 98.3 Å². The Kier molecular flexibility index (Phi) is 9.43. The third-order valence-corrected chi connectivity index (χ3v) is 1.84. The van der Waals surface area contributed by atoms with Crippen LogP contribution in [0.15, 0.2) is 11.8 Å². The van der Waals surface area contributed by atoms with Crippen LogP contribution in [-0.4, -0.2) is 24.1 Å². The predicted molar refractivity (Wildman–Crippen MR) is 51.6 cm³/mol. The molecule has 78 valence electrons. The molecule has 0 aromatic heterocycles. The number of aliphatic hydroxyl groups excluding tert-OH is 1. The van der Waals surface area contributed by atoms with E-state index in [0.717, 1.165) is 0 Å². The minimum atomic E-state index is -0.359. The van der Waals surface area contributed by atoms with Crippen LogP contribution in [0.3, 0.4) is 0 Å². The van der Waals surface area contributed by atoms with E-state index in [4.69, 9.17) is 4.74 Å². The molecule has 0 amide bonds. The summed E-state index contributed by atoms with van der Waals surface area (Å²) in [6, 6.07) is 0. The molecule has 0 aromatic carbocycles. The van der Waals surface area contributed by atoms with Gasteiger partial charge in [0.05, 0.1) is 0 Å². The van der Waals surface area contributed by atoms with Gasteiger partial charge in [0.25, 0.3) is 0 Å². The molecular formula is C10H18O3Zn. The number of methoxy groups -OCH3 is 1. The quantitative estimate of drug-likeness (QED) is 0.462. The van der Waals surface area contributed by atoms with E-state index in [-0.39, 0.29) is 43.0 Å². The van der Waals surface area contributed by atoms with E-state index in [2.05, 4.69) is 0 Å². The number of rotatable bonds is 5. The van der Waals surface area contributed by atoms with E-state index in [9.17, 15) is 9.90 Å². The summed E-state index contributed by atoms with van der Waals surface area (Å²) in [6.45, 7) is 5.47. The number of allylic oxidation sites excluding steroid dienone is 1. The van der Waals surface area contributed by atoms with Gasteiger partial charge in [0.1, 0.15) is 11.9 Å². The fourth-order valence-electron chi connectivity index (χ4n) is 0.902. The SMILES string of the molecule is CCC(OC)/C(O)=C/C(=O)C(C)C.[Zn]. The molecule has 0 saturated carbocycles. The Morgan fingerprint density at radius 3 is 2.29 bits per heavy atom. The van der Waals surface area contributed by atoms with Crippen molar-refractivity contribution in [3.05, 3.63) is 11.8 Å². The molecule has 4 heteroatoms. The van der Waals surface area contributed by atoms with Gasteiger partial charge >= 0.3 is 0 Å². The van der Waals surface area contributed by atoms with Gasteiger partial charge < -0.3 is 9.84 Å². The van der Waals surface area contributed by atoms with Crippen molar-refractivity contribution in [1.29, 1.82) is 0 Å². The molecule has 1 N–H and O–H groups in total. The molecule has 1 atom stereocenters. The van der Waals surface area contributed by atoms with Crippen LogP contribution in [0.2, 0.25) is 0 Å². The summed E-state index contributed by atoms with van der Waals surface area (Å²) in [5.41, 5.74) is 0. The molecule has 0 aromatic rings. The molecular weight excluding hydrogens is 233 g/mol.